The molecule has 0 heterocycles. The van der Waals surface area contributed by atoms with Crippen molar-refractivity contribution in [2.24, 2.45) is 5.73 Å². The van der Waals surface area contributed by atoms with Crippen molar-refractivity contribution in [1.82, 2.24) is 0 Å². The summed E-state index contributed by atoms with van der Waals surface area (Å²) in [4.78, 5) is 10.8. The van der Waals surface area contributed by atoms with Crippen molar-refractivity contribution >= 4 is 21.9 Å². The fourth-order valence-corrected chi connectivity index (χ4v) is 1.61. The van der Waals surface area contributed by atoms with Gasteiger partial charge in [0, 0.05) is 11.0 Å². The second kappa shape index (κ2) is 4.22. The van der Waals surface area contributed by atoms with E-state index >= 15 is 0 Å². The molecule has 1 aromatic carbocycles. The summed E-state index contributed by atoms with van der Waals surface area (Å²) >= 11 is 3.13. The number of carboxylic acid groups (broad SMARTS) is 1. The SMILES string of the molecule is N#Cc1cc(Br)cc(C(=O)O)c1CN. The molecule has 0 atom stereocenters. The second-order valence-electron chi connectivity index (χ2n) is 2.60. The number of halogens is 1. The van der Waals surface area contributed by atoms with E-state index in [1.807, 2.05) is 6.07 Å². The van der Waals surface area contributed by atoms with Crippen LogP contribution in [0.15, 0.2) is 16.6 Å². The van der Waals surface area contributed by atoms with Gasteiger partial charge in [0.15, 0.2) is 0 Å². The highest BCUT2D eigenvalue weighted by Crippen LogP contribution is 2.20. The maximum absolute atomic E-state index is 10.8. The Labute approximate surface area is 89.1 Å². The molecular weight excluding hydrogens is 248 g/mol. The molecule has 0 spiro atoms. The van der Waals surface area contributed by atoms with Gasteiger partial charge in [-0.15, -0.1) is 0 Å². The molecule has 0 bridgehead atoms. The summed E-state index contributed by atoms with van der Waals surface area (Å²) in [5, 5.41) is 17.6. The predicted molar refractivity (Wildman–Crippen MR) is 53.7 cm³/mol. The van der Waals surface area contributed by atoms with E-state index < -0.39 is 5.97 Å². The zero-order valence-electron chi connectivity index (χ0n) is 7.12. The number of carboxylic acids is 1. The van der Waals surface area contributed by atoms with Gasteiger partial charge >= 0.3 is 5.97 Å². The molecule has 1 aromatic rings. The Morgan fingerprint density at radius 2 is 2.29 bits per heavy atom. The maximum Gasteiger partial charge on any atom is 0.336 e. The summed E-state index contributed by atoms with van der Waals surface area (Å²) < 4.78 is 0.559. The molecule has 0 aliphatic rings. The maximum atomic E-state index is 10.8. The molecule has 72 valence electrons. The zero-order chi connectivity index (χ0) is 10.7. The molecule has 0 amide bonds. The first-order chi connectivity index (χ1) is 6.60. The van der Waals surface area contributed by atoms with E-state index in [1.54, 1.807) is 6.07 Å². The lowest BCUT2D eigenvalue weighted by Gasteiger charge is -2.06. The monoisotopic (exact) mass is 254 g/mol. The Balaban J connectivity index is 3.49. The van der Waals surface area contributed by atoms with Crippen LogP contribution in [0.4, 0.5) is 0 Å². The molecule has 0 saturated carbocycles. The number of rotatable bonds is 2. The minimum absolute atomic E-state index is 0.0395. The van der Waals surface area contributed by atoms with Crippen LogP contribution in [0.5, 0.6) is 0 Å². The standard InChI is InChI=1S/C9H7BrN2O2/c10-6-1-5(3-11)8(4-12)7(2-6)9(13)14/h1-2H,4,12H2,(H,13,14). The molecule has 3 N–H and O–H groups in total. The highest BCUT2D eigenvalue weighted by molar-refractivity contribution is 9.10. The third-order valence-corrected chi connectivity index (χ3v) is 2.23. The van der Waals surface area contributed by atoms with Gasteiger partial charge in [0.25, 0.3) is 0 Å². The fraction of sp³-hybridized carbons (Fsp3) is 0.111. The molecule has 0 saturated heterocycles. The van der Waals surface area contributed by atoms with E-state index in [0.717, 1.165) is 0 Å². The second-order valence-corrected chi connectivity index (χ2v) is 3.52. The van der Waals surface area contributed by atoms with Crippen LogP contribution in [0, 0.1) is 11.3 Å². The first-order valence-electron chi connectivity index (χ1n) is 3.76. The van der Waals surface area contributed by atoms with Crippen LogP contribution in [-0.2, 0) is 6.54 Å². The third-order valence-electron chi connectivity index (χ3n) is 1.77. The summed E-state index contributed by atoms with van der Waals surface area (Å²) in [6.45, 7) is 0.0395. The number of benzene rings is 1. The molecule has 0 radical (unpaired) electrons. The number of hydrogen-bond acceptors (Lipinski definition) is 3. The van der Waals surface area contributed by atoms with Crippen molar-refractivity contribution in [2.45, 2.75) is 6.54 Å². The van der Waals surface area contributed by atoms with E-state index in [0.29, 0.717) is 15.6 Å². The number of nitriles is 1. The molecule has 4 nitrogen and oxygen atoms in total. The topological polar surface area (TPSA) is 87.1 Å². The number of nitrogens with two attached hydrogens (primary N) is 1. The minimum Gasteiger partial charge on any atom is -0.478 e. The number of nitrogens with zero attached hydrogens (tertiary/aromatic N) is 1. The van der Waals surface area contributed by atoms with Crippen LogP contribution in [0.2, 0.25) is 0 Å². The third kappa shape index (κ3) is 1.92. The molecule has 0 aliphatic heterocycles. The lowest BCUT2D eigenvalue weighted by Crippen LogP contribution is -2.09. The lowest BCUT2D eigenvalue weighted by atomic mass is 10.0. The van der Waals surface area contributed by atoms with Crippen molar-refractivity contribution < 1.29 is 9.90 Å². The Kier molecular flexibility index (Phi) is 3.23. The average Bonchev–Trinajstić information content (AvgIpc) is 2.16. The molecular formula is C9H7BrN2O2. The van der Waals surface area contributed by atoms with Crippen LogP contribution < -0.4 is 5.73 Å². The number of hydrogen-bond donors (Lipinski definition) is 2. The zero-order valence-corrected chi connectivity index (χ0v) is 8.71. The van der Waals surface area contributed by atoms with Crippen LogP contribution in [0.1, 0.15) is 21.5 Å². The quantitative estimate of drug-likeness (QED) is 0.837. The summed E-state index contributed by atoms with van der Waals surface area (Å²) in [6, 6.07) is 4.90. The summed E-state index contributed by atoms with van der Waals surface area (Å²) in [5.74, 6) is -1.08. The van der Waals surface area contributed by atoms with Crippen LogP contribution >= 0.6 is 15.9 Å². The number of carbonyl (C=O) groups is 1. The normalized spacial score (nSPS) is 9.50. The molecule has 0 fully saturated rings. The Morgan fingerprint density at radius 1 is 1.64 bits per heavy atom. The van der Waals surface area contributed by atoms with Gasteiger partial charge in [0.05, 0.1) is 17.2 Å². The Bertz CT molecular complexity index is 424. The highest BCUT2D eigenvalue weighted by Gasteiger charge is 2.13. The summed E-state index contributed by atoms with van der Waals surface area (Å²) in [5.41, 5.74) is 6.11. The van der Waals surface area contributed by atoms with Crippen LogP contribution in [0.25, 0.3) is 0 Å². The van der Waals surface area contributed by atoms with Gasteiger partial charge in [0.2, 0.25) is 0 Å². The van der Waals surface area contributed by atoms with Crippen molar-refractivity contribution in [2.75, 3.05) is 0 Å². The molecule has 1 rings (SSSR count). The number of aromatic carboxylic acids is 1. The fourth-order valence-electron chi connectivity index (χ4n) is 1.15. The van der Waals surface area contributed by atoms with Gasteiger partial charge in [-0.2, -0.15) is 5.26 Å². The van der Waals surface area contributed by atoms with Gasteiger partial charge in [-0.1, -0.05) is 15.9 Å². The molecule has 0 aliphatic carbocycles. The minimum atomic E-state index is -1.08. The van der Waals surface area contributed by atoms with E-state index in [1.165, 1.54) is 6.07 Å². The van der Waals surface area contributed by atoms with Crippen molar-refractivity contribution in [3.05, 3.63) is 33.3 Å². The van der Waals surface area contributed by atoms with E-state index in [9.17, 15) is 4.79 Å². The predicted octanol–water partition coefficient (Wildman–Crippen LogP) is 1.48. The molecule has 0 aromatic heterocycles. The Hall–Kier alpha value is -1.38. The average molecular weight is 255 g/mol. The first kappa shape index (κ1) is 10.7. The van der Waals surface area contributed by atoms with E-state index in [2.05, 4.69) is 15.9 Å². The van der Waals surface area contributed by atoms with Gasteiger partial charge < -0.3 is 10.8 Å². The Morgan fingerprint density at radius 3 is 2.71 bits per heavy atom. The van der Waals surface area contributed by atoms with Gasteiger partial charge in [-0.3, -0.25) is 0 Å². The largest absolute Gasteiger partial charge is 0.478 e. The smallest absolute Gasteiger partial charge is 0.336 e. The van der Waals surface area contributed by atoms with Gasteiger partial charge in [0.1, 0.15) is 0 Å². The first-order valence-corrected chi connectivity index (χ1v) is 4.55. The summed E-state index contributed by atoms with van der Waals surface area (Å²) in [7, 11) is 0. The van der Waals surface area contributed by atoms with Crippen molar-refractivity contribution in [3.63, 3.8) is 0 Å². The highest BCUT2D eigenvalue weighted by atomic mass is 79.9. The summed E-state index contributed by atoms with van der Waals surface area (Å²) in [6.07, 6.45) is 0. The lowest BCUT2D eigenvalue weighted by molar-refractivity contribution is 0.0695. The van der Waals surface area contributed by atoms with Crippen molar-refractivity contribution in [3.8, 4) is 6.07 Å². The molecule has 14 heavy (non-hydrogen) atoms. The van der Waals surface area contributed by atoms with Crippen molar-refractivity contribution in [1.29, 1.82) is 5.26 Å². The van der Waals surface area contributed by atoms with Crippen LogP contribution in [0.3, 0.4) is 0 Å². The van der Waals surface area contributed by atoms with E-state index in [4.69, 9.17) is 16.1 Å². The van der Waals surface area contributed by atoms with Gasteiger partial charge in [-0.05, 0) is 17.7 Å². The van der Waals surface area contributed by atoms with Crippen LogP contribution in [-0.4, -0.2) is 11.1 Å². The molecule has 0 unspecified atom stereocenters. The van der Waals surface area contributed by atoms with Gasteiger partial charge in [-0.25, -0.2) is 4.79 Å². The molecule has 5 heteroatoms. The van der Waals surface area contributed by atoms with E-state index in [-0.39, 0.29) is 12.1 Å².